The average molecular weight is 580 g/mol. The second kappa shape index (κ2) is 13.8. The first-order valence-corrected chi connectivity index (χ1v) is 15.2. The van der Waals surface area contributed by atoms with E-state index in [9.17, 15) is 18.3 Å². The van der Waals surface area contributed by atoms with Gasteiger partial charge in [0.05, 0.1) is 36.7 Å². The van der Waals surface area contributed by atoms with Crippen molar-refractivity contribution in [2.75, 3.05) is 52.3 Å². The summed E-state index contributed by atoms with van der Waals surface area (Å²) >= 11 is 0. The second-order valence-corrected chi connectivity index (χ2v) is 13.0. The number of aromatic nitrogens is 2. The third-order valence-electron chi connectivity index (χ3n) is 7.34. The average Bonchev–Trinajstić information content (AvgIpc) is 3.36. The van der Waals surface area contributed by atoms with Crippen LogP contribution in [0.5, 0.6) is 5.75 Å². The molecule has 1 N–H and O–H groups in total. The number of hydrogen-bond acceptors (Lipinski definition) is 8. The van der Waals surface area contributed by atoms with Gasteiger partial charge in [-0.1, -0.05) is 6.92 Å². The summed E-state index contributed by atoms with van der Waals surface area (Å²) in [6.07, 6.45) is 4.73. The minimum atomic E-state index is -3.83. The summed E-state index contributed by atoms with van der Waals surface area (Å²) in [5, 5.41) is 10.1. The molecule has 4 atom stereocenters. The number of aryl methyl sites for hydroxylation is 1. The van der Waals surface area contributed by atoms with E-state index in [4.69, 9.17) is 9.47 Å². The first-order valence-electron chi connectivity index (χ1n) is 13.8. The molecular formula is C28H45N5O6S. The molecule has 2 aromatic rings. The summed E-state index contributed by atoms with van der Waals surface area (Å²) in [6, 6.07) is 5.09. The van der Waals surface area contributed by atoms with Gasteiger partial charge < -0.3 is 28.9 Å². The number of anilines is 1. The lowest BCUT2D eigenvalue weighted by Gasteiger charge is -2.35. The van der Waals surface area contributed by atoms with Crippen LogP contribution in [0.1, 0.15) is 50.4 Å². The summed E-state index contributed by atoms with van der Waals surface area (Å²) < 4.78 is 41.8. The number of rotatable bonds is 7. The highest BCUT2D eigenvalue weighted by Gasteiger charge is 2.33. The van der Waals surface area contributed by atoms with E-state index < -0.39 is 22.2 Å². The van der Waals surface area contributed by atoms with Gasteiger partial charge in [-0.2, -0.15) is 4.31 Å². The van der Waals surface area contributed by atoms with E-state index in [1.807, 2.05) is 51.0 Å². The molecule has 1 aromatic heterocycles. The normalized spacial score (nSPS) is 22.4. The number of imidazole rings is 1. The molecule has 1 aliphatic heterocycles. The fourth-order valence-corrected chi connectivity index (χ4v) is 5.83. The van der Waals surface area contributed by atoms with E-state index >= 15 is 0 Å². The smallest absolute Gasteiger partial charge is 0.261 e. The Balaban J connectivity index is 1.96. The van der Waals surface area contributed by atoms with Gasteiger partial charge in [0.15, 0.2) is 5.03 Å². The molecule has 224 valence electrons. The van der Waals surface area contributed by atoms with Crippen molar-refractivity contribution < 1.29 is 27.8 Å². The minimum absolute atomic E-state index is 0.0287. The van der Waals surface area contributed by atoms with Gasteiger partial charge in [0.25, 0.3) is 15.9 Å². The molecule has 40 heavy (non-hydrogen) atoms. The predicted octanol–water partition coefficient (Wildman–Crippen LogP) is 2.60. The molecule has 0 bridgehead atoms. The highest BCUT2D eigenvalue weighted by Crippen LogP contribution is 2.29. The van der Waals surface area contributed by atoms with E-state index in [0.717, 1.165) is 24.9 Å². The first kappa shape index (κ1) is 31.9. The lowest BCUT2D eigenvalue weighted by Crippen LogP contribution is -2.48. The zero-order valence-electron chi connectivity index (χ0n) is 24.8. The van der Waals surface area contributed by atoms with Crippen LogP contribution in [-0.4, -0.2) is 104 Å². The fourth-order valence-electron chi connectivity index (χ4n) is 4.68. The molecule has 1 aromatic carbocycles. The van der Waals surface area contributed by atoms with Crippen molar-refractivity contribution in [1.82, 2.24) is 18.8 Å². The molecule has 1 aliphatic rings. The number of aliphatic hydroxyl groups is 1. The van der Waals surface area contributed by atoms with Gasteiger partial charge in [-0.15, -0.1) is 0 Å². The monoisotopic (exact) mass is 579 g/mol. The Morgan fingerprint density at radius 3 is 2.55 bits per heavy atom. The van der Waals surface area contributed by atoms with Crippen molar-refractivity contribution in [1.29, 1.82) is 0 Å². The van der Waals surface area contributed by atoms with E-state index in [2.05, 4.69) is 4.98 Å². The molecular weight excluding hydrogens is 534 g/mol. The van der Waals surface area contributed by atoms with Crippen LogP contribution < -0.4 is 9.64 Å². The Kier molecular flexibility index (Phi) is 11.0. The van der Waals surface area contributed by atoms with Crippen molar-refractivity contribution in [3.8, 4) is 5.75 Å². The molecule has 0 radical (unpaired) electrons. The zero-order valence-corrected chi connectivity index (χ0v) is 25.6. The predicted molar refractivity (Wildman–Crippen MR) is 154 cm³/mol. The molecule has 12 heteroatoms. The van der Waals surface area contributed by atoms with Crippen LogP contribution in [-0.2, 0) is 21.8 Å². The molecule has 3 rings (SSSR count). The minimum Gasteiger partial charge on any atom is -0.490 e. The number of benzene rings is 1. The highest BCUT2D eigenvalue weighted by molar-refractivity contribution is 7.89. The van der Waals surface area contributed by atoms with Crippen molar-refractivity contribution in [2.24, 2.45) is 13.0 Å². The summed E-state index contributed by atoms with van der Waals surface area (Å²) in [7, 11) is 3.22. The van der Waals surface area contributed by atoms with Crippen molar-refractivity contribution in [3.05, 3.63) is 36.3 Å². The lowest BCUT2D eigenvalue weighted by atomic mass is 10.0. The van der Waals surface area contributed by atoms with Gasteiger partial charge in [-0.3, -0.25) is 4.79 Å². The largest absolute Gasteiger partial charge is 0.490 e. The van der Waals surface area contributed by atoms with Gasteiger partial charge in [-0.25, -0.2) is 13.4 Å². The Morgan fingerprint density at radius 1 is 1.20 bits per heavy atom. The number of aliphatic hydroxyl groups excluding tert-OH is 1. The third-order valence-corrected chi connectivity index (χ3v) is 9.05. The SMILES string of the molecule is C[C@@H]1CCCCO[C@H](CN(C)S(=O)(=O)c2cn(C)cn2)[C@H](C)CN([C@@H](C)CO)C(=O)c2cc(N(C)C)ccc2O1. The molecule has 0 unspecified atom stereocenters. The number of amides is 1. The molecule has 0 fully saturated rings. The fraction of sp³-hybridized carbons (Fsp3) is 0.643. The number of carbonyl (C=O) groups is 1. The molecule has 0 spiro atoms. The molecule has 1 amide bonds. The molecule has 2 heterocycles. The Morgan fingerprint density at radius 2 is 1.93 bits per heavy atom. The van der Waals surface area contributed by atoms with Crippen LogP contribution >= 0.6 is 0 Å². The van der Waals surface area contributed by atoms with Crippen molar-refractivity contribution in [2.45, 2.75) is 63.3 Å². The van der Waals surface area contributed by atoms with Crippen LogP contribution in [0, 0.1) is 5.92 Å². The number of fused-ring (bicyclic) bond motifs is 1. The van der Waals surface area contributed by atoms with E-state index in [0.29, 0.717) is 17.9 Å². The Bertz CT molecular complexity index is 1230. The summed E-state index contributed by atoms with van der Waals surface area (Å²) in [5.74, 6) is 0.00380. The van der Waals surface area contributed by atoms with Gasteiger partial charge in [0, 0.05) is 65.7 Å². The summed E-state index contributed by atoms with van der Waals surface area (Å²) in [6.45, 7) is 6.29. The van der Waals surface area contributed by atoms with Crippen LogP contribution in [0.3, 0.4) is 0 Å². The standard InChI is InChI=1S/C28H45N5O6S/c1-20-15-33(21(2)18-34)28(35)24-14-23(30(4)5)11-12-25(24)39-22(3)10-8-9-13-38-26(20)16-32(7)40(36,37)27-17-31(6)19-29-27/h11-12,14,17,19-22,26,34H,8-10,13,15-16,18H2,1-7H3/t20-,21+,22-,26-/m1/s1. The number of hydrogen-bond donors (Lipinski definition) is 1. The maximum Gasteiger partial charge on any atom is 0.261 e. The van der Waals surface area contributed by atoms with Gasteiger partial charge in [0.2, 0.25) is 0 Å². The van der Waals surface area contributed by atoms with Gasteiger partial charge >= 0.3 is 0 Å². The topological polar surface area (TPSA) is 117 Å². The lowest BCUT2D eigenvalue weighted by molar-refractivity contribution is -0.00835. The maximum absolute atomic E-state index is 14.1. The number of sulfonamides is 1. The van der Waals surface area contributed by atoms with E-state index in [-0.39, 0.29) is 42.7 Å². The first-order chi connectivity index (χ1) is 18.8. The van der Waals surface area contributed by atoms with E-state index in [1.54, 1.807) is 23.4 Å². The molecule has 0 saturated carbocycles. The van der Waals surface area contributed by atoms with E-state index in [1.165, 1.54) is 23.9 Å². The van der Waals surface area contributed by atoms with Crippen molar-refractivity contribution >= 4 is 21.6 Å². The van der Waals surface area contributed by atoms with Gasteiger partial charge in [0.1, 0.15) is 5.75 Å². The highest BCUT2D eigenvalue weighted by atomic mass is 32.2. The maximum atomic E-state index is 14.1. The number of likely N-dealkylation sites (N-methyl/N-ethyl adjacent to an activating group) is 1. The van der Waals surface area contributed by atoms with Crippen LogP contribution in [0.4, 0.5) is 5.69 Å². The summed E-state index contributed by atoms with van der Waals surface area (Å²) in [5.41, 5.74) is 1.28. The van der Waals surface area contributed by atoms with Crippen LogP contribution in [0.2, 0.25) is 0 Å². The molecule has 0 saturated heterocycles. The number of nitrogens with zero attached hydrogens (tertiary/aromatic N) is 5. The Hall–Kier alpha value is -2.67. The zero-order chi connectivity index (χ0) is 29.6. The number of ether oxygens (including phenoxy) is 2. The quantitative estimate of drug-likeness (QED) is 0.532. The molecule has 11 nitrogen and oxygen atoms in total. The third kappa shape index (κ3) is 7.74. The van der Waals surface area contributed by atoms with Crippen molar-refractivity contribution in [3.63, 3.8) is 0 Å². The van der Waals surface area contributed by atoms with Crippen LogP contribution in [0.15, 0.2) is 35.7 Å². The second-order valence-electron chi connectivity index (χ2n) is 11.0. The number of carbonyl (C=O) groups excluding carboxylic acids is 1. The molecule has 0 aliphatic carbocycles. The Labute approximate surface area is 238 Å². The summed E-state index contributed by atoms with van der Waals surface area (Å²) in [4.78, 5) is 21.6. The van der Waals surface area contributed by atoms with Crippen LogP contribution in [0.25, 0.3) is 0 Å². The van der Waals surface area contributed by atoms with Gasteiger partial charge in [-0.05, 0) is 51.3 Å².